The number of hydrogen-bond acceptors (Lipinski definition) is 7. The Morgan fingerprint density at radius 3 is 2.59 bits per heavy atom. The number of carbonyl (C=O) groups excluding carboxylic acids is 1. The fourth-order valence-electron chi connectivity index (χ4n) is 2.56. The molecule has 2 atom stereocenters. The van der Waals surface area contributed by atoms with Crippen molar-refractivity contribution in [1.29, 1.82) is 0 Å². The molecular weight excluding hydrogens is 400 g/mol. The van der Waals surface area contributed by atoms with Crippen LogP contribution >= 0.6 is 11.6 Å². The second kappa shape index (κ2) is 8.93. The highest BCUT2D eigenvalue weighted by Crippen LogP contribution is 2.15. The molecule has 0 aliphatic heterocycles. The molecule has 1 aromatic heterocycles. The zero-order chi connectivity index (χ0) is 21.0. The second-order valence-electron chi connectivity index (χ2n) is 6.04. The Labute approximate surface area is 169 Å². The molecule has 2 aromatic carbocycles. The number of nitrogens with zero attached hydrogens (tertiary/aromatic N) is 2. The van der Waals surface area contributed by atoms with Crippen LogP contribution in [0.1, 0.15) is 16.1 Å². The molecule has 0 fully saturated rings. The van der Waals surface area contributed by atoms with Gasteiger partial charge in [-0.2, -0.15) is 5.10 Å². The Morgan fingerprint density at radius 1 is 1.17 bits per heavy atom. The number of amides is 1. The molecule has 1 heterocycles. The van der Waals surface area contributed by atoms with Gasteiger partial charge >= 0.3 is 0 Å². The van der Waals surface area contributed by atoms with E-state index >= 15 is 0 Å². The van der Waals surface area contributed by atoms with Crippen LogP contribution in [0.4, 0.5) is 0 Å². The summed E-state index contributed by atoms with van der Waals surface area (Å²) in [4.78, 5) is 31.6. The third kappa shape index (κ3) is 4.49. The number of hydrogen-bond donors (Lipinski definition) is 5. The van der Waals surface area contributed by atoms with Crippen molar-refractivity contribution < 1.29 is 20.1 Å². The van der Waals surface area contributed by atoms with E-state index in [1.54, 1.807) is 36.4 Å². The van der Waals surface area contributed by atoms with Gasteiger partial charge in [0.2, 0.25) is 0 Å². The normalized spacial score (nSPS) is 13.9. The van der Waals surface area contributed by atoms with Crippen molar-refractivity contribution in [3.8, 4) is 0 Å². The Bertz CT molecular complexity index is 1130. The number of para-hydroxylation sites is 2. The number of aromatic amines is 1. The molecule has 150 valence electrons. The second-order valence-corrected chi connectivity index (χ2v) is 6.45. The lowest BCUT2D eigenvalue weighted by Gasteiger charge is -2.17. The maximum absolute atomic E-state index is 12.5. The number of aliphatic hydroxyl groups is 3. The van der Waals surface area contributed by atoms with Crippen molar-refractivity contribution in [3.05, 3.63) is 75.2 Å². The summed E-state index contributed by atoms with van der Waals surface area (Å²) in [6.07, 6.45) is -3.44. The standard InChI is InChI=1S/C19H17ClN4O5/c20-11-6-2-1-5-10(11)18(28)24-23-15(17(27)14(26)9-25)16-19(29)22-13-8-4-3-7-12(13)21-16/h1-8,14,17,25-27H,9H2,(H,22,29)(H,24,28)/b23-15-. The molecule has 5 N–H and O–H groups in total. The summed E-state index contributed by atoms with van der Waals surface area (Å²) in [5.41, 5.74) is 1.74. The molecule has 10 heteroatoms. The number of hydrazone groups is 1. The Hall–Kier alpha value is -3.11. The van der Waals surface area contributed by atoms with Crippen LogP contribution in [0.3, 0.4) is 0 Å². The summed E-state index contributed by atoms with van der Waals surface area (Å²) < 4.78 is 0. The summed E-state index contributed by atoms with van der Waals surface area (Å²) >= 11 is 5.98. The first-order valence-electron chi connectivity index (χ1n) is 8.51. The molecule has 29 heavy (non-hydrogen) atoms. The van der Waals surface area contributed by atoms with E-state index in [0.717, 1.165) is 0 Å². The first kappa shape index (κ1) is 20.6. The minimum Gasteiger partial charge on any atom is -0.394 e. The lowest BCUT2D eigenvalue weighted by Crippen LogP contribution is -2.41. The number of H-pyrrole nitrogens is 1. The zero-order valence-corrected chi connectivity index (χ0v) is 15.7. The van der Waals surface area contributed by atoms with E-state index in [9.17, 15) is 19.8 Å². The monoisotopic (exact) mass is 416 g/mol. The molecule has 9 nitrogen and oxygen atoms in total. The van der Waals surface area contributed by atoms with Crippen LogP contribution in [-0.4, -0.2) is 55.7 Å². The topological polar surface area (TPSA) is 148 Å². The van der Waals surface area contributed by atoms with Crippen molar-refractivity contribution >= 4 is 34.3 Å². The summed E-state index contributed by atoms with van der Waals surface area (Å²) in [6.45, 7) is -0.801. The first-order valence-corrected chi connectivity index (χ1v) is 8.89. The Balaban J connectivity index is 2.05. The van der Waals surface area contributed by atoms with Crippen LogP contribution in [0, 0.1) is 0 Å². The Kier molecular flexibility index (Phi) is 6.35. The van der Waals surface area contributed by atoms with Gasteiger partial charge in [-0.05, 0) is 24.3 Å². The van der Waals surface area contributed by atoms with Crippen LogP contribution in [0.2, 0.25) is 5.02 Å². The highest BCUT2D eigenvalue weighted by Gasteiger charge is 2.27. The van der Waals surface area contributed by atoms with Crippen LogP contribution < -0.4 is 11.0 Å². The number of aromatic nitrogens is 2. The van der Waals surface area contributed by atoms with E-state index < -0.39 is 36.0 Å². The molecular formula is C19H17ClN4O5. The third-order valence-corrected chi connectivity index (χ3v) is 4.40. The Morgan fingerprint density at radius 2 is 1.86 bits per heavy atom. The van der Waals surface area contributed by atoms with Gasteiger partial charge in [0.25, 0.3) is 11.5 Å². The van der Waals surface area contributed by atoms with Crippen LogP contribution in [0.25, 0.3) is 11.0 Å². The lowest BCUT2D eigenvalue weighted by molar-refractivity contribution is 0.0183. The molecule has 3 aromatic rings. The molecule has 0 radical (unpaired) electrons. The van der Waals surface area contributed by atoms with Crippen molar-refractivity contribution in [1.82, 2.24) is 15.4 Å². The molecule has 1 amide bonds. The number of fused-ring (bicyclic) bond motifs is 1. The molecule has 0 spiro atoms. The maximum atomic E-state index is 12.5. The number of aliphatic hydroxyl groups excluding tert-OH is 3. The fourth-order valence-corrected chi connectivity index (χ4v) is 2.78. The molecule has 2 unspecified atom stereocenters. The minimum absolute atomic E-state index is 0.120. The third-order valence-electron chi connectivity index (χ3n) is 4.07. The van der Waals surface area contributed by atoms with Gasteiger partial charge in [-0.25, -0.2) is 10.4 Å². The van der Waals surface area contributed by atoms with E-state index in [-0.39, 0.29) is 16.3 Å². The predicted molar refractivity (Wildman–Crippen MR) is 107 cm³/mol. The summed E-state index contributed by atoms with van der Waals surface area (Å²) in [6, 6.07) is 12.9. The smallest absolute Gasteiger partial charge is 0.276 e. The van der Waals surface area contributed by atoms with Gasteiger partial charge < -0.3 is 20.3 Å². The van der Waals surface area contributed by atoms with E-state index in [1.807, 2.05) is 0 Å². The van der Waals surface area contributed by atoms with E-state index in [0.29, 0.717) is 11.0 Å². The number of nitrogens with one attached hydrogen (secondary N) is 2. The van der Waals surface area contributed by atoms with E-state index in [2.05, 4.69) is 20.5 Å². The number of carbonyl (C=O) groups is 1. The summed E-state index contributed by atoms with van der Waals surface area (Å²) in [5, 5.41) is 33.3. The van der Waals surface area contributed by atoms with Crippen LogP contribution in [0.15, 0.2) is 58.4 Å². The predicted octanol–water partition coefficient (Wildman–Crippen LogP) is 0.425. The highest BCUT2D eigenvalue weighted by molar-refractivity contribution is 6.33. The molecule has 3 rings (SSSR count). The van der Waals surface area contributed by atoms with E-state index in [1.165, 1.54) is 12.1 Å². The minimum atomic E-state index is -1.79. The first-order chi connectivity index (χ1) is 13.9. The van der Waals surface area contributed by atoms with Gasteiger partial charge in [0.15, 0.2) is 5.69 Å². The molecule has 0 bridgehead atoms. The summed E-state index contributed by atoms with van der Waals surface area (Å²) in [7, 11) is 0. The van der Waals surface area contributed by atoms with Gasteiger partial charge in [0.05, 0.1) is 28.2 Å². The number of rotatable bonds is 6. The largest absolute Gasteiger partial charge is 0.394 e. The van der Waals surface area contributed by atoms with Crippen LogP contribution in [-0.2, 0) is 0 Å². The van der Waals surface area contributed by atoms with E-state index in [4.69, 9.17) is 16.7 Å². The average molecular weight is 417 g/mol. The van der Waals surface area contributed by atoms with Gasteiger partial charge in [-0.15, -0.1) is 0 Å². The van der Waals surface area contributed by atoms with Gasteiger partial charge in [-0.3, -0.25) is 9.59 Å². The molecule has 0 saturated carbocycles. The van der Waals surface area contributed by atoms with Crippen LogP contribution in [0.5, 0.6) is 0 Å². The molecule has 0 aliphatic carbocycles. The van der Waals surface area contributed by atoms with Gasteiger partial charge in [0.1, 0.15) is 17.9 Å². The zero-order valence-electron chi connectivity index (χ0n) is 14.9. The quantitative estimate of drug-likeness (QED) is 0.290. The lowest BCUT2D eigenvalue weighted by atomic mass is 10.1. The summed E-state index contributed by atoms with van der Waals surface area (Å²) in [5.74, 6) is -0.698. The number of benzene rings is 2. The van der Waals surface area contributed by atoms with Gasteiger partial charge in [0, 0.05) is 0 Å². The van der Waals surface area contributed by atoms with Crippen molar-refractivity contribution in [3.63, 3.8) is 0 Å². The maximum Gasteiger partial charge on any atom is 0.276 e. The molecule has 0 saturated heterocycles. The molecule has 0 aliphatic rings. The highest BCUT2D eigenvalue weighted by atomic mass is 35.5. The number of halogens is 1. The van der Waals surface area contributed by atoms with Crippen molar-refractivity contribution in [2.75, 3.05) is 6.61 Å². The van der Waals surface area contributed by atoms with Crippen molar-refractivity contribution in [2.45, 2.75) is 12.2 Å². The average Bonchev–Trinajstić information content (AvgIpc) is 2.73. The van der Waals surface area contributed by atoms with Crippen molar-refractivity contribution in [2.24, 2.45) is 5.10 Å². The van der Waals surface area contributed by atoms with Gasteiger partial charge in [-0.1, -0.05) is 35.9 Å². The SMILES string of the molecule is O=C(N/N=C(/c1nc2ccccc2[nH]c1=O)C(O)C(O)CO)c1ccccc1Cl. The fraction of sp³-hybridized carbons (Fsp3) is 0.158.